The van der Waals surface area contributed by atoms with Crippen molar-refractivity contribution in [3.05, 3.63) is 99.7 Å². The lowest BCUT2D eigenvalue weighted by Crippen LogP contribution is -2.32. The fourth-order valence-electron chi connectivity index (χ4n) is 3.93. The second kappa shape index (κ2) is 9.51. The van der Waals surface area contributed by atoms with Crippen molar-refractivity contribution in [1.82, 2.24) is 4.90 Å². The summed E-state index contributed by atoms with van der Waals surface area (Å²) in [6.07, 6.45) is 0. The molecule has 0 radical (unpaired) electrons. The van der Waals surface area contributed by atoms with Crippen LogP contribution in [0.5, 0.6) is 5.75 Å². The van der Waals surface area contributed by atoms with Crippen molar-refractivity contribution in [3.63, 3.8) is 0 Å². The van der Waals surface area contributed by atoms with Gasteiger partial charge in [-0.05, 0) is 61.7 Å². The maximum Gasteiger partial charge on any atom is 0.278 e. The highest BCUT2D eigenvalue weighted by atomic mass is 35.5. The van der Waals surface area contributed by atoms with E-state index in [1.54, 1.807) is 12.1 Å². The minimum absolute atomic E-state index is 0.160. The Morgan fingerprint density at radius 2 is 1.70 bits per heavy atom. The fraction of sp³-hybridized carbons (Fsp3) is 0.185. The van der Waals surface area contributed by atoms with Crippen molar-refractivity contribution in [2.24, 2.45) is 0 Å². The molecule has 0 saturated heterocycles. The second-order valence-corrected chi connectivity index (χ2v) is 8.41. The van der Waals surface area contributed by atoms with E-state index in [0.717, 1.165) is 22.3 Å². The first-order valence-electron chi connectivity index (χ1n) is 10.8. The largest absolute Gasteiger partial charge is 0.494 e. The van der Waals surface area contributed by atoms with E-state index >= 15 is 0 Å². The lowest BCUT2D eigenvalue weighted by Gasteiger charge is -2.16. The molecule has 1 heterocycles. The van der Waals surface area contributed by atoms with Crippen LogP contribution in [0, 0.1) is 13.8 Å². The van der Waals surface area contributed by atoms with E-state index in [9.17, 15) is 9.59 Å². The number of halogens is 1. The SMILES string of the molecule is CCOc1cccc(NC2=C(c3ccc(C)cc3C)C(=O)N(Cc3ccc(Cl)cc3)C2=O)c1. The first kappa shape index (κ1) is 22.6. The van der Waals surface area contributed by atoms with Gasteiger partial charge in [-0.2, -0.15) is 0 Å². The Morgan fingerprint density at radius 1 is 0.939 bits per heavy atom. The third-order valence-corrected chi connectivity index (χ3v) is 5.74. The fourth-order valence-corrected chi connectivity index (χ4v) is 4.05. The van der Waals surface area contributed by atoms with Crippen LogP contribution in [0.25, 0.3) is 5.57 Å². The Balaban J connectivity index is 1.75. The lowest BCUT2D eigenvalue weighted by atomic mass is 9.97. The van der Waals surface area contributed by atoms with Crippen LogP contribution in [0.4, 0.5) is 5.69 Å². The average molecular weight is 461 g/mol. The number of imide groups is 1. The van der Waals surface area contributed by atoms with Crippen molar-refractivity contribution in [2.45, 2.75) is 27.3 Å². The van der Waals surface area contributed by atoms with Gasteiger partial charge in [0, 0.05) is 16.8 Å². The van der Waals surface area contributed by atoms with Crippen molar-refractivity contribution < 1.29 is 14.3 Å². The molecular weight excluding hydrogens is 436 g/mol. The van der Waals surface area contributed by atoms with E-state index in [0.29, 0.717) is 28.6 Å². The van der Waals surface area contributed by atoms with E-state index < -0.39 is 0 Å². The predicted octanol–water partition coefficient (Wildman–Crippen LogP) is 5.75. The lowest BCUT2D eigenvalue weighted by molar-refractivity contribution is -0.137. The number of rotatable bonds is 7. The van der Waals surface area contributed by atoms with Gasteiger partial charge in [-0.3, -0.25) is 14.5 Å². The summed E-state index contributed by atoms with van der Waals surface area (Å²) in [5, 5.41) is 3.80. The molecule has 3 aromatic carbocycles. The Bertz CT molecular complexity index is 1250. The maximum absolute atomic E-state index is 13.6. The molecule has 0 bridgehead atoms. The van der Waals surface area contributed by atoms with E-state index in [-0.39, 0.29) is 24.1 Å². The number of hydrogen-bond acceptors (Lipinski definition) is 4. The number of nitrogens with one attached hydrogen (secondary N) is 1. The molecule has 168 valence electrons. The maximum atomic E-state index is 13.6. The zero-order chi connectivity index (χ0) is 23.5. The quantitative estimate of drug-likeness (QED) is 0.456. The van der Waals surface area contributed by atoms with Gasteiger partial charge in [0.15, 0.2) is 0 Å². The van der Waals surface area contributed by atoms with Crippen molar-refractivity contribution >= 4 is 34.7 Å². The third kappa shape index (κ3) is 4.78. The van der Waals surface area contributed by atoms with Gasteiger partial charge >= 0.3 is 0 Å². The van der Waals surface area contributed by atoms with Gasteiger partial charge in [-0.25, -0.2) is 0 Å². The molecule has 0 saturated carbocycles. The number of carbonyl (C=O) groups is 2. The number of amides is 2. The van der Waals surface area contributed by atoms with Gasteiger partial charge in [0.1, 0.15) is 11.4 Å². The molecule has 0 spiro atoms. The molecule has 0 unspecified atom stereocenters. The second-order valence-electron chi connectivity index (χ2n) is 7.98. The number of benzene rings is 3. The number of nitrogens with zero attached hydrogens (tertiary/aromatic N) is 1. The predicted molar refractivity (Wildman–Crippen MR) is 131 cm³/mol. The molecule has 3 aromatic rings. The smallest absolute Gasteiger partial charge is 0.278 e. The molecule has 2 amide bonds. The molecule has 1 N–H and O–H groups in total. The Hall–Kier alpha value is -3.57. The first-order chi connectivity index (χ1) is 15.9. The first-order valence-corrected chi connectivity index (χ1v) is 11.2. The molecule has 1 aliphatic rings. The van der Waals surface area contributed by atoms with Gasteiger partial charge in [0.05, 0.1) is 18.7 Å². The van der Waals surface area contributed by atoms with E-state index in [1.807, 2.05) is 75.4 Å². The van der Waals surface area contributed by atoms with Crippen LogP contribution >= 0.6 is 11.6 Å². The number of carbonyl (C=O) groups excluding carboxylic acids is 2. The van der Waals surface area contributed by atoms with Crippen molar-refractivity contribution in [1.29, 1.82) is 0 Å². The summed E-state index contributed by atoms with van der Waals surface area (Å²) in [6.45, 7) is 6.55. The Kier molecular flexibility index (Phi) is 6.52. The van der Waals surface area contributed by atoms with Crippen LogP contribution in [-0.4, -0.2) is 23.3 Å². The van der Waals surface area contributed by atoms with Crippen LogP contribution in [0.2, 0.25) is 5.02 Å². The molecule has 4 rings (SSSR count). The Morgan fingerprint density at radius 3 is 2.39 bits per heavy atom. The molecule has 6 heteroatoms. The molecule has 5 nitrogen and oxygen atoms in total. The van der Waals surface area contributed by atoms with E-state index in [2.05, 4.69) is 5.32 Å². The summed E-state index contributed by atoms with van der Waals surface area (Å²) in [4.78, 5) is 28.3. The van der Waals surface area contributed by atoms with Crippen LogP contribution in [-0.2, 0) is 16.1 Å². The van der Waals surface area contributed by atoms with Gasteiger partial charge in [-0.1, -0.05) is 53.6 Å². The van der Waals surface area contributed by atoms with Gasteiger partial charge in [-0.15, -0.1) is 0 Å². The summed E-state index contributed by atoms with van der Waals surface area (Å²) in [7, 11) is 0. The summed E-state index contributed by atoms with van der Waals surface area (Å²) >= 11 is 5.99. The molecular formula is C27H25ClN2O3. The molecule has 0 aromatic heterocycles. The van der Waals surface area contributed by atoms with Crippen LogP contribution < -0.4 is 10.1 Å². The van der Waals surface area contributed by atoms with E-state index in [4.69, 9.17) is 16.3 Å². The molecule has 0 atom stereocenters. The number of anilines is 1. The zero-order valence-electron chi connectivity index (χ0n) is 18.8. The van der Waals surface area contributed by atoms with Gasteiger partial charge < -0.3 is 10.1 Å². The number of ether oxygens (including phenoxy) is 1. The van der Waals surface area contributed by atoms with Gasteiger partial charge in [0.25, 0.3) is 11.8 Å². The van der Waals surface area contributed by atoms with Crippen LogP contribution in [0.1, 0.15) is 29.2 Å². The third-order valence-electron chi connectivity index (χ3n) is 5.49. The zero-order valence-corrected chi connectivity index (χ0v) is 19.6. The summed E-state index contributed by atoms with van der Waals surface area (Å²) in [6, 6.07) is 20.3. The van der Waals surface area contributed by atoms with Crippen LogP contribution in [0.3, 0.4) is 0 Å². The highest BCUT2D eigenvalue weighted by Crippen LogP contribution is 2.34. The summed E-state index contributed by atoms with van der Waals surface area (Å²) in [5.41, 5.74) is 4.88. The highest BCUT2D eigenvalue weighted by Gasteiger charge is 2.39. The molecule has 0 aliphatic carbocycles. The standard InChI is InChI=1S/C27H25ClN2O3/c1-4-33-22-7-5-6-21(15-22)29-25-24(23-13-8-17(2)14-18(23)3)26(31)30(27(25)32)16-19-9-11-20(28)12-10-19/h5-15,29H,4,16H2,1-3H3. The monoisotopic (exact) mass is 460 g/mol. The molecule has 33 heavy (non-hydrogen) atoms. The Labute approximate surface area is 198 Å². The number of aryl methyl sites for hydroxylation is 2. The van der Waals surface area contributed by atoms with Gasteiger partial charge in [0.2, 0.25) is 0 Å². The molecule has 0 fully saturated rings. The topological polar surface area (TPSA) is 58.6 Å². The summed E-state index contributed by atoms with van der Waals surface area (Å²) in [5.74, 6) is -0.0111. The van der Waals surface area contributed by atoms with E-state index in [1.165, 1.54) is 4.90 Å². The van der Waals surface area contributed by atoms with Crippen molar-refractivity contribution in [3.8, 4) is 5.75 Å². The highest BCUT2D eigenvalue weighted by molar-refractivity contribution is 6.36. The minimum atomic E-state index is -0.369. The van der Waals surface area contributed by atoms with Crippen molar-refractivity contribution in [2.75, 3.05) is 11.9 Å². The summed E-state index contributed by atoms with van der Waals surface area (Å²) < 4.78 is 5.58. The molecule has 1 aliphatic heterocycles. The average Bonchev–Trinajstić information content (AvgIpc) is 3.00. The number of hydrogen-bond donors (Lipinski definition) is 1. The van der Waals surface area contributed by atoms with Crippen LogP contribution in [0.15, 0.2) is 72.4 Å². The minimum Gasteiger partial charge on any atom is -0.494 e. The normalized spacial score (nSPS) is 13.6.